The highest BCUT2D eigenvalue weighted by Gasteiger charge is 2.29. The molecule has 3 rings (SSSR count). The molecule has 0 spiro atoms. The van der Waals surface area contributed by atoms with Gasteiger partial charge in [-0.25, -0.2) is 0 Å². The second-order valence-electron chi connectivity index (χ2n) is 5.18. The van der Waals surface area contributed by atoms with Crippen molar-refractivity contribution in [2.24, 2.45) is 11.7 Å². The molecule has 1 aromatic carbocycles. The molecule has 2 aromatic rings. The molecule has 1 unspecified atom stereocenters. The fourth-order valence-electron chi connectivity index (χ4n) is 2.22. The Hall–Kier alpha value is -1.20. The number of aromatic nitrogens is 2. The van der Waals surface area contributed by atoms with E-state index >= 15 is 0 Å². The summed E-state index contributed by atoms with van der Waals surface area (Å²) in [5.74, 6) is 1.92. The largest absolute Gasteiger partial charge is 0.339 e. The van der Waals surface area contributed by atoms with E-state index in [9.17, 15) is 0 Å². The van der Waals surface area contributed by atoms with Gasteiger partial charge in [-0.1, -0.05) is 21.1 Å². The van der Waals surface area contributed by atoms with E-state index in [0.717, 1.165) is 15.6 Å². The van der Waals surface area contributed by atoms with Crippen molar-refractivity contribution < 1.29 is 4.52 Å². The lowest BCUT2D eigenvalue weighted by Crippen LogP contribution is -2.25. The van der Waals surface area contributed by atoms with E-state index in [1.165, 1.54) is 12.8 Å². The molecule has 2 N–H and O–H groups in total. The van der Waals surface area contributed by atoms with Crippen LogP contribution in [-0.4, -0.2) is 16.2 Å². The van der Waals surface area contributed by atoms with E-state index in [4.69, 9.17) is 10.3 Å². The fourth-order valence-corrected chi connectivity index (χ4v) is 2.69. The molecule has 1 saturated carbocycles. The van der Waals surface area contributed by atoms with Crippen molar-refractivity contribution in [3.63, 3.8) is 0 Å². The highest BCUT2D eigenvalue weighted by atomic mass is 79.9. The maximum atomic E-state index is 6.07. The van der Waals surface area contributed by atoms with Crippen LogP contribution in [0.3, 0.4) is 0 Å². The van der Waals surface area contributed by atoms with Crippen LogP contribution in [0.4, 0.5) is 0 Å². The predicted molar refractivity (Wildman–Crippen MR) is 76.6 cm³/mol. The number of halogens is 1. The Bertz CT molecular complexity index is 592. The molecule has 5 heteroatoms. The maximum Gasteiger partial charge on any atom is 0.228 e. The number of hydrogen-bond acceptors (Lipinski definition) is 4. The fraction of sp³-hybridized carbons (Fsp3) is 0.429. The van der Waals surface area contributed by atoms with Crippen LogP contribution in [-0.2, 0) is 6.42 Å². The van der Waals surface area contributed by atoms with E-state index in [2.05, 4.69) is 26.1 Å². The van der Waals surface area contributed by atoms with Crippen molar-refractivity contribution in [1.29, 1.82) is 0 Å². The standard InChI is InChI=1S/C14H16BrN3O/c1-8-6-10(15)4-5-11(8)14-17-13(19-18-14)7-12(16)9-2-3-9/h4-6,9,12H,2-3,7,16H2,1H3. The second-order valence-corrected chi connectivity index (χ2v) is 6.09. The Labute approximate surface area is 120 Å². The quantitative estimate of drug-likeness (QED) is 0.939. The molecular formula is C14H16BrN3O. The van der Waals surface area contributed by atoms with Gasteiger partial charge in [-0.2, -0.15) is 4.98 Å². The summed E-state index contributed by atoms with van der Waals surface area (Å²) < 4.78 is 6.35. The molecule has 0 radical (unpaired) electrons. The normalized spacial score (nSPS) is 16.6. The number of rotatable bonds is 4. The first kappa shape index (κ1) is 12.8. The lowest BCUT2D eigenvalue weighted by atomic mass is 10.1. The Morgan fingerprint density at radius 2 is 2.26 bits per heavy atom. The molecule has 1 aliphatic carbocycles. The van der Waals surface area contributed by atoms with Crippen molar-refractivity contribution in [1.82, 2.24) is 10.1 Å². The molecule has 1 aromatic heterocycles. The minimum atomic E-state index is 0.152. The molecule has 100 valence electrons. The Kier molecular flexibility index (Phi) is 3.41. The van der Waals surface area contributed by atoms with Gasteiger partial charge in [-0.15, -0.1) is 0 Å². The van der Waals surface area contributed by atoms with Gasteiger partial charge in [0.1, 0.15) is 0 Å². The number of benzene rings is 1. The monoisotopic (exact) mass is 321 g/mol. The van der Waals surface area contributed by atoms with E-state index in [-0.39, 0.29) is 6.04 Å². The summed E-state index contributed by atoms with van der Waals surface area (Å²) in [7, 11) is 0. The van der Waals surface area contributed by atoms with Crippen LogP contribution in [0.25, 0.3) is 11.4 Å². The molecular weight excluding hydrogens is 306 g/mol. The minimum absolute atomic E-state index is 0.152. The smallest absolute Gasteiger partial charge is 0.228 e. The molecule has 1 fully saturated rings. The van der Waals surface area contributed by atoms with Crippen molar-refractivity contribution in [3.05, 3.63) is 34.1 Å². The SMILES string of the molecule is Cc1cc(Br)ccc1-c1noc(CC(N)C2CC2)n1. The first-order chi connectivity index (χ1) is 9.13. The third kappa shape index (κ3) is 2.87. The molecule has 1 aliphatic rings. The van der Waals surface area contributed by atoms with Crippen LogP contribution in [0, 0.1) is 12.8 Å². The molecule has 19 heavy (non-hydrogen) atoms. The zero-order chi connectivity index (χ0) is 13.4. The van der Waals surface area contributed by atoms with Crippen LogP contribution in [0.2, 0.25) is 0 Å². The topological polar surface area (TPSA) is 64.9 Å². The van der Waals surface area contributed by atoms with Crippen molar-refractivity contribution in [3.8, 4) is 11.4 Å². The average molecular weight is 322 g/mol. The molecule has 0 amide bonds. The van der Waals surface area contributed by atoms with Gasteiger partial charge in [-0.05, 0) is 49.4 Å². The van der Waals surface area contributed by atoms with E-state index in [0.29, 0.717) is 24.1 Å². The third-order valence-corrected chi connectivity index (χ3v) is 4.03. The van der Waals surface area contributed by atoms with Gasteiger partial charge >= 0.3 is 0 Å². The van der Waals surface area contributed by atoms with Crippen LogP contribution in [0.5, 0.6) is 0 Å². The van der Waals surface area contributed by atoms with Crippen LogP contribution in [0.15, 0.2) is 27.2 Å². The highest BCUT2D eigenvalue weighted by Crippen LogP contribution is 2.33. The Morgan fingerprint density at radius 3 is 2.95 bits per heavy atom. The first-order valence-corrected chi connectivity index (χ1v) is 7.27. The summed E-state index contributed by atoms with van der Waals surface area (Å²) in [6, 6.07) is 6.17. The van der Waals surface area contributed by atoms with E-state index < -0.39 is 0 Å². The zero-order valence-corrected chi connectivity index (χ0v) is 12.4. The Morgan fingerprint density at radius 1 is 1.47 bits per heavy atom. The molecule has 1 heterocycles. The molecule has 0 aliphatic heterocycles. The highest BCUT2D eigenvalue weighted by molar-refractivity contribution is 9.10. The molecule has 0 bridgehead atoms. The summed E-state index contributed by atoms with van der Waals surface area (Å²) in [6.07, 6.45) is 3.13. The van der Waals surface area contributed by atoms with Crippen LogP contribution < -0.4 is 5.73 Å². The average Bonchev–Trinajstić information content (AvgIpc) is 3.11. The van der Waals surface area contributed by atoms with Gasteiger partial charge in [0.2, 0.25) is 11.7 Å². The van der Waals surface area contributed by atoms with Gasteiger partial charge < -0.3 is 10.3 Å². The van der Waals surface area contributed by atoms with Crippen LogP contribution >= 0.6 is 15.9 Å². The summed E-state index contributed by atoms with van der Waals surface area (Å²) in [4.78, 5) is 4.45. The molecule has 4 nitrogen and oxygen atoms in total. The second kappa shape index (κ2) is 5.06. The third-order valence-electron chi connectivity index (χ3n) is 3.54. The Balaban J connectivity index is 1.79. The zero-order valence-electron chi connectivity index (χ0n) is 10.8. The van der Waals surface area contributed by atoms with E-state index in [1.807, 2.05) is 25.1 Å². The minimum Gasteiger partial charge on any atom is -0.339 e. The number of hydrogen-bond donors (Lipinski definition) is 1. The summed E-state index contributed by atoms with van der Waals surface area (Å²) in [6.45, 7) is 2.03. The van der Waals surface area contributed by atoms with Gasteiger partial charge in [0.05, 0.1) is 0 Å². The lowest BCUT2D eigenvalue weighted by Gasteiger charge is -2.04. The van der Waals surface area contributed by atoms with Gasteiger partial charge in [0.15, 0.2) is 0 Å². The van der Waals surface area contributed by atoms with Gasteiger partial charge in [0.25, 0.3) is 0 Å². The number of nitrogens with two attached hydrogens (primary N) is 1. The summed E-state index contributed by atoms with van der Waals surface area (Å²) in [5, 5.41) is 4.05. The van der Waals surface area contributed by atoms with Crippen molar-refractivity contribution in [2.45, 2.75) is 32.2 Å². The van der Waals surface area contributed by atoms with E-state index in [1.54, 1.807) is 0 Å². The first-order valence-electron chi connectivity index (χ1n) is 6.48. The maximum absolute atomic E-state index is 6.07. The number of nitrogens with zero attached hydrogens (tertiary/aromatic N) is 2. The summed E-state index contributed by atoms with van der Waals surface area (Å²) in [5.41, 5.74) is 8.19. The van der Waals surface area contributed by atoms with Crippen molar-refractivity contribution >= 4 is 15.9 Å². The van der Waals surface area contributed by atoms with Crippen molar-refractivity contribution in [2.75, 3.05) is 0 Å². The molecule has 0 saturated heterocycles. The van der Waals surface area contributed by atoms with Gasteiger partial charge in [-0.3, -0.25) is 0 Å². The van der Waals surface area contributed by atoms with Gasteiger partial charge in [0, 0.05) is 22.5 Å². The van der Waals surface area contributed by atoms with Crippen LogP contribution in [0.1, 0.15) is 24.3 Å². The lowest BCUT2D eigenvalue weighted by molar-refractivity contribution is 0.364. The molecule has 1 atom stereocenters. The summed E-state index contributed by atoms with van der Waals surface area (Å²) >= 11 is 3.45. The number of aryl methyl sites for hydroxylation is 1. The predicted octanol–water partition coefficient (Wildman–Crippen LogP) is 3.09.